The Hall–Kier alpha value is -1.88. The number of pyridine rings is 1. The van der Waals surface area contributed by atoms with Crippen molar-refractivity contribution in [1.29, 1.82) is 0 Å². The molecule has 0 aliphatic heterocycles. The van der Waals surface area contributed by atoms with E-state index in [0.29, 0.717) is 11.3 Å². The minimum atomic E-state index is -0.749. The number of ether oxygens (including phenoxy) is 1. The molecule has 96 valence electrons. The van der Waals surface area contributed by atoms with Crippen molar-refractivity contribution in [3.63, 3.8) is 0 Å². The first-order valence-corrected chi connectivity index (χ1v) is 5.85. The lowest BCUT2D eigenvalue weighted by molar-refractivity contribution is 0.206. The second-order valence-electron chi connectivity index (χ2n) is 4.40. The molecule has 2 aromatic heterocycles. The monoisotopic (exact) mass is 247 g/mol. The number of aliphatic hydroxyl groups is 1. The highest BCUT2D eigenvalue weighted by Gasteiger charge is 2.15. The van der Waals surface area contributed by atoms with Crippen LogP contribution in [0.3, 0.4) is 0 Å². The molecule has 0 saturated carbocycles. The van der Waals surface area contributed by atoms with Gasteiger partial charge in [0.15, 0.2) is 0 Å². The van der Waals surface area contributed by atoms with Crippen molar-refractivity contribution in [2.75, 3.05) is 0 Å². The summed E-state index contributed by atoms with van der Waals surface area (Å²) in [6, 6.07) is 3.57. The predicted octanol–water partition coefficient (Wildman–Crippen LogP) is 1.68. The Balaban J connectivity index is 2.25. The summed E-state index contributed by atoms with van der Waals surface area (Å²) in [5.74, 6) is 0.656. The van der Waals surface area contributed by atoms with Gasteiger partial charge in [-0.05, 0) is 26.0 Å². The Morgan fingerprint density at radius 1 is 1.33 bits per heavy atom. The van der Waals surface area contributed by atoms with Gasteiger partial charge in [-0.1, -0.05) is 0 Å². The van der Waals surface area contributed by atoms with Crippen molar-refractivity contribution >= 4 is 0 Å². The maximum atomic E-state index is 10.3. The molecule has 1 atom stereocenters. The van der Waals surface area contributed by atoms with Crippen LogP contribution in [0.4, 0.5) is 0 Å². The van der Waals surface area contributed by atoms with Gasteiger partial charge in [0.05, 0.1) is 18.0 Å². The first-order chi connectivity index (χ1) is 8.58. The summed E-state index contributed by atoms with van der Waals surface area (Å²) < 4.78 is 7.20. The van der Waals surface area contributed by atoms with Crippen molar-refractivity contribution in [3.8, 4) is 5.75 Å². The molecule has 0 amide bonds. The highest BCUT2D eigenvalue weighted by Crippen LogP contribution is 2.23. The lowest BCUT2D eigenvalue weighted by Crippen LogP contribution is -2.09. The number of hydrogen-bond donors (Lipinski definition) is 1. The molecule has 2 heterocycles. The largest absolute Gasteiger partial charge is 0.489 e. The minimum absolute atomic E-state index is 0.0795. The van der Waals surface area contributed by atoms with Gasteiger partial charge in [-0.15, -0.1) is 0 Å². The van der Waals surface area contributed by atoms with Gasteiger partial charge in [-0.3, -0.25) is 9.67 Å². The van der Waals surface area contributed by atoms with Gasteiger partial charge in [0.1, 0.15) is 11.9 Å². The number of aryl methyl sites for hydroxylation is 1. The molecule has 5 heteroatoms. The van der Waals surface area contributed by atoms with E-state index in [1.807, 2.05) is 13.8 Å². The fraction of sp³-hybridized carbons (Fsp3) is 0.385. The van der Waals surface area contributed by atoms with Crippen LogP contribution in [0.1, 0.15) is 31.2 Å². The molecular formula is C13H17N3O2. The van der Waals surface area contributed by atoms with Gasteiger partial charge in [-0.2, -0.15) is 5.10 Å². The molecule has 5 nitrogen and oxygen atoms in total. The zero-order valence-corrected chi connectivity index (χ0v) is 10.7. The molecule has 18 heavy (non-hydrogen) atoms. The van der Waals surface area contributed by atoms with Crippen LogP contribution < -0.4 is 4.74 Å². The Kier molecular flexibility index (Phi) is 3.62. The normalized spacial score (nSPS) is 12.7. The number of aliphatic hydroxyl groups excluding tert-OH is 1. The highest BCUT2D eigenvalue weighted by atomic mass is 16.5. The Bertz CT molecular complexity index is 522. The Morgan fingerprint density at radius 2 is 2.11 bits per heavy atom. The average Bonchev–Trinajstić information content (AvgIpc) is 2.74. The molecule has 0 saturated heterocycles. The fourth-order valence-corrected chi connectivity index (χ4v) is 1.74. The lowest BCUT2D eigenvalue weighted by Gasteiger charge is -2.14. The van der Waals surface area contributed by atoms with Gasteiger partial charge >= 0.3 is 0 Å². The molecule has 0 fully saturated rings. The quantitative estimate of drug-likeness (QED) is 0.893. The Labute approximate surface area is 106 Å². The van der Waals surface area contributed by atoms with Crippen LogP contribution in [0.25, 0.3) is 0 Å². The first-order valence-electron chi connectivity index (χ1n) is 5.85. The molecule has 0 aliphatic rings. The molecule has 0 radical (unpaired) electrons. The second-order valence-corrected chi connectivity index (χ2v) is 4.40. The van der Waals surface area contributed by atoms with Crippen molar-refractivity contribution in [1.82, 2.24) is 14.8 Å². The molecular weight excluding hydrogens is 230 g/mol. The van der Waals surface area contributed by atoms with E-state index in [1.165, 1.54) is 0 Å². The summed E-state index contributed by atoms with van der Waals surface area (Å²) in [6.07, 6.45) is 4.25. The van der Waals surface area contributed by atoms with E-state index in [0.717, 1.165) is 5.69 Å². The third-order valence-electron chi connectivity index (χ3n) is 2.56. The predicted molar refractivity (Wildman–Crippen MR) is 67.3 cm³/mol. The first kappa shape index (κ1) is 12.6. The number of rotatable bonds is 4. The van der Waals surface area contributed by atoms with Crippen molar-refractivity contribution < 1.29 is 9.84 Å². The van der Waals surface area contributed by atoms with Crippen molar-refractivity contribution in [3.05, 3.63) is 42.0 Å². The van der Waals surface area contributed by atoms with E-state index in [-0.39, 0.29) is 6.10 Å². The summed E-state index contributed by atoms with van der Waals surface area (Å²) in [5, 5.41) is 14.3. The van der Waals surface area contributed by atoms with Crippen molar-refractivity contribution in [2.45, 2.75) is 26.1 Å². The summed E-state index contributed by atoms with van der Waals surface area (Å²) >= 11 is 0. The van der Waals surface area contributed by atoms with Gasteiger partial charge in [0.2, 0.25) is 0 Å². The van der Waals surface area contributed by atoms with Gasteiger partial charge in [-0.25, -0.2) is 0 Å². The molecule has 0 aliphatic carbocycles. The van der Waals surface area contributed by atoms with Crippen molar-refractivity contribution in [2.24, 2.45) is 7.05 Å². The van der Waals surface area contributed by atoms with E-state index in [9.17, 15) is 5.11 Å². The number of hydrogen-bond acceptors (Lipinski definition) is 4. The molecule has 2 rings (SSSR count). The summed E-state index contributed by atoms with van der Waals surface area (Å²) in [4.78, 5) is 4.08. The van der Waals surface area contributed by atoms with Gasteiger partial charge in [0, 0.05) is 25.0 Å². The van der Waals surface area contributed by atoms with Crippen LogP contribution in [0, 0.1) is 0 Å². The maximum absolute atomic E-state index is 10.3. The lowest BCUT2D eigenvalue weighted by atomic mass is 10.1. The van der Waals surface area contributed by atoms with Crippen LogP contribution in [0.2, 0.25) is 0 Å². The fourth-order valence-electron chi connectivity index (χ4n) is 1.74. The van der Waals surface area contributed by atoms with E-state index in [4.69, 9.17) is 4.74 Å². The Morgan fingerprint density at radius 3 is 2.72 bits per heavy atom. The third kappa shape index (κ3) is 2.68. The van der Waals surface area contributed by atoms with E-state index < -0.39 is 6.10 Å². The molecule has 1 N–H and O–H groups in total. The number of aromatic nitrogens is 3. The van der Waals surface area contributed by atoms with Crippen LogP contribution >= 0.6 is 0 Å². The van der Waals surface area contributed by atoms with Gasteiger partial charge < -0.3 is 9.84 Å². The summed E-state index contributed by atoms with van der Waals surface area (Å²) in [7, 11) is 1.79. The molecule has 2 aromatic rings. The topological polar surface area (TPSA) is 60.2 Å². The van der Waals surface area contributed by atoms with Crippen LogP contribution in [0.5, 0.6) is 5.75 Å². The molecule has 0 spiro atoms. The van der Waals surface area contributed by atoms with E-state index in [1.54, 1.807) is 42.5 Å². The summed E-state index contributed by atoms with van der Waals surface area (Å²) in [5.41, 5.74) is 1.41. The highest BCUT2D eigenvalue weighted by molar-refractivity contribution is 5.29. The van der Waals surface area contributed by atoms with Crippen LogP contribution in [-0.2, 0) is 7.05 Å². The average molecular weight is 247 g/mol. The van der Waals surface area contributed by atoms with E-state index >= 15 is 0 Å². The smallest absolute Gasteiger partial charge is 0.138 e. The standard InChI is InChI=1S/C13H17N3O2/c1-9(2)18-11-6-10(7-14-8-11)13(17)12-4-5-15-16(12)3/h4-9,13,17H,1-3H3. The summed E-state index contributed by atoms with van der Waals surface area (Å²) in [6.45, 7) is 3.90. The second kappa shape index (κ2) is 5.18. The van der Waals surface area contributed by atoms with Crippen LogP contribution in [0.15, 0.2) is 30.7 Å². The number of nitrogens with zero attached hydrogens (tertiary/aromatic N) is 3. The van der Waals surface area contributed by atoms with Gasteiger partial charge in [0.25, 0.3) is 0 Å². The van der Waals surface area contributed by atoms with Crippen LogP contribution in [-0.4, -0.2) is 26.0 Å². The minimum Gasteiger partial charge on any atom is -0.489 e. The van der Waals surface area contributed by atoms with E-state index in [2.05, 4.69) is 10.1 Å². The molecule has 0 aromatic carbocycles. The molecule has 0 bridgehead atoms. The third-order valence-corrected chi connectivity index (χ3v) is 2.56. The maximum Gasteiger partial charge on any atom is 0.138 e. The molecule has 1 unspecified atom stereocenters. The SMILES string of the molecule is CC(C)Oc1cncc(C(O)c2ccnn2C)c1. The zero-order chi connectivity index (χ0) is 13.1. The zero-order valence-electron chi connectivity index (χ0n) is 10.7.